The number of amides is 1. The summed E-state index contributed by atoms with van der Waals surface area (Å²) in [6, 6.07) is 6.27. The van der Waals surface area contributed by atoms with Gasteiger partial charge in [-0.05, 0) is 30.7 Å². The smallest absolute Gasteiger partial charge is 0.258 e. The third-order valence-corrected chi connectivity index (χ3v) is 5.28. The van der Waals surface area contributed by atoms with Gasteiger partial charge in [-0.2, -0.15) is 0 Å². The maximum Gasteiger partial charge on any atom is 0.258 e. The summed E-state index contributed by atoms with van der Waals surface area (Å²) in [5, 5.41) is 2.65. The Morgan fingerprint density at radius 1 is 1.29 bits per heavy atom. The molecule has 0 saturated heterocycles. The topological polar surface area (TPSA) is 106 Å². The molecular formula is C15H20ClN3O4S. The number of hydrogen-bond donors (Lipinski definition) is 2. The van der Waals surface area contributed by atoms with Crippen LogP contribution in [-0.2, 0) is 16.6 Å². The van der Waals surface area contributed by atoms with Crippen LogP contribution in [0.15, 0.2) is 39.8 Å². The van der Waals surface area contributed by atoms with Gasteiger partial charge in [-0.15, -0.1) is 12.4 Å². The Morgan fingerprint density at radius 3 is 2.50 bits per heavy atom. The molecule has 1 aromatic carbocycles. The molecule has 0 unspecified atom stereocenters. The van der Waals surface area contributed by atoms with E-state index >= 15 is 0 Å². The van der Waals surface area contributed by atoms with Crippen molar-refractivity contribution in [1.82, 2.24) is 4.31 Å². The molecule has 0 aliphatic carbocycles. The molecule has 0 aliphatic rings. The molecule has 0 spiro atoms. The van der Waals surface area contributed by atoms with E-state index in [1.807, 2.05) is 0 Å². The number of carbonyl (C=O) groups excluding carboxylic acids is 1. The lowest BCUT2D eigenvalue weighted by Gasteiger charge is -2.15. The molecule has 0 atom stereocenters. The van der Waals surface area contributed by atoms with Crippen molar-refractivity contribution in [2.45, 2.75) is 18.4 Å². The molecule has 132 valence electrons. The summed E-state index contributed by atoms with van der Waals surface area (Å²) < 4.78 is 30.8. The van der Waals surface area contributed by atoms with Crippen molar-refractivity contribution in [3.8, 4) is 0 Å². The number of nitrogens with zero attached hydrogens (tertiary/aromatic N) is 1. The van der Waals surface area contributed by atoms with E-state index in [4.69, 9.17) is 10.2 Å². The number of sulfonamides is 1. The Bertz CT molecular complexity index is 831. The lowest BCUT2D eigenvalue weighted by Crippen LogP contribution is -2.23. The summed E-state index contributed by atoms with van der Waals surface area (Å²) in [5.74, 6) is 0.0976. The molecule has 7 nitrogen and oxygen atoms in total. The Balaban J connectivity index is 0.00000288. The minimum Gasteiger partial charge on any atom is -0.467 e. The Morgan fingerprint density at radius 2 is 1.96 bits per heavy atom. The first-order valence-corrected chi connectivity index (χ1v) is 8.31. The fraction of sp³-hybridized carbons (Fsp3) is 0.267. The van der Waals surface area contributed by atoms with Crippen LogP contribution in [-0.4, -0.2) is 32.7 Å². The third-order valence-electron chi connectivity index (χ3n) is 3.32. The predicted octanol–water partition coefficient (Wildman–Crippen LogP) is 1.97. The maximum absolute atomic E-state index is 12.3. The van der Waals surface area contributed by atoms with Crippen LogP contribution in [0, 0.1) is 6.92 Å². The van der Waals surface area contributed by atoms with Gasteiger partial charge in [0.05, 0.1) is 17.0 Å². The monoisotopic (exact) mass is 373 g/mol. The number of halogens is 1. The molecular weight excluding hydrogens is 354 g/mol. The molecule has 2 rings (SSSR count). The van der Waals surface area contributed by atoms with Crippen LogP contribution < -0.4 is 11.1 Å². The summed E-state index contributed by atoms with van der Waals surface area (Å²) >= 11 is 0. The summed E-state index contributed by atoms with van der Waals surface area (Å²) in [4.78, 5) is 12.3. The van der Waals surface area contributed by atoms with Gasteiger partial charge in [0.15, 0.2) is 0 Å². The molecule has 0 saturated carbocycles. The number of anilines is 1. The first-order valence-electron chi connectivity index (χ1n) is 6.87. The summed E-state index contributed by atoms with van der Waals surface area (Å²) in [6.07, 6.45) is 1.31. The summed E-state index contributed by atoms with van der Waals surface area (Å²) in [6.45, 7) is 1.90. The van der Waals surface area contributed by atoms with Gasteiger partial charge in [0.25, 0.3) is 5.91 Å². The molecule has 0 aliphatic heterocycles. The first-order chi connectivity index (χ1) is 10.8. The number of rotatable bonds is 5. The van der Waals surface area contributed by atoms with E-state index in [2.05, 4.69) is 5.32 Å². The standard InChI is InChI=1S/C15H19N3O4S.ClH/c1-10-4-5-12(7-14(10)23(20,21)18(2)3)17-15(19)11-6-13(8-16)22-9-11;/h4-7,9H,8,16H2,1-3H3,(H,17,19);1H. The lowest BCUT2D eigenvalue weighted by atomic mass is 10.2. The van der Waals surface area contributed by atoms with Crippen LogP contribution in [0.2, 0.25) is 0 Å². The molecule has 0 fully saturated rings. The number of carbonyl (C=O) groups is 1. The second kappa shape index (κ2) is 7.80. The highest BCUT2D eigenvalue weighted by Gasteiger charge is 2.20. The van der Waals surface area contributed by atoms with E-state index < -0.39 is 15.9 Å². The third kappa shape index (κ3) is 4.15. The van der Waals surface area contributed by atoms with Crippen molar-refractivity contribution in [2.24, 2.45) is 5.73 Å². The number of aryl methyl sites for hydroxylation is 1. The zero-order valence-corrected chi connectivity index (χ0v) is 15.2. The van der Waals surface area contributed by atoms with Crippen molar-refractivity contribution in [2.75, 3.05) is 19.4 Å². The van der Waals surface area contributed by atoms with Gasteiger partial charge in [0.2, 0.25) is 10.0 Å². The van der Waals surface area contributed by atoms with Gasteiger partial charge < -0.3 is 15.5 Å². The quantitative estimate of drug-likeness (QED) is 0.833. The van der Waals surface area contributed by atoms with E-state index in [1.54, 1.807) is 25.1 Å². The van der Waals surface area contributed by atoms with E-state index in [-0.39, 0.29) is 23.8 Å². The Labute approximate surface area is 147 Å². The number of nitrogens with one attached hydrogen (secondary N) is 1. The molecule has 0 bridgehead atoms. The van der Waals surface area contributed by atoms with E-state index in [0.29, 0.717) is 22.6 Å². The van der Waals surface area contributed by atoms with Gasteiger partial charge in [-0.25, -0.2) is 12.7 Å². The van der Waals surface area contributed by atoms with Crippen LogP contribution in [0.4, 0.5) is 5.69 Å². The maximum atomic E-state index is 12.3. The zero-order valence-electron chi connectivity index (χ0n) is 13.6. The molecule has 2 aromatic rings. The van der Waals surface area contributed by atoms with Crippen molar-refractivity contribution in [3.05, 3.63) is 47.4 Å². The minimum atomic E-state index is -3.58. The van der Waals surface area contributed by atoms with Crippen LogP contribution in [0.1, 0.15) is 21.7 Å². The number of furan rings is 1. The highest BCUT2D eigenvalue weighted by atomic mass is 35.5. The first kappa shape index (κ1) is 20.2. The largest absolute Gasteiger partial charge is 0.467 e. The molecule has 1 amide bonds. The summed E-state index contributed by atoms with van der Waals surface area (Å²) in [5.41, 5.74) is 6.74. The number of hydrogen-bond acceptors (Lipinski definition) is 5. The van der Waals surface area contributed by atoms with Crippen molar-refractivity contribution < 1.29 is 17.6 Å². The van der Waals surface area contributed by atoms with Crippen LogP contribution in [0.25, 0.3) is 0 Å². The van der Waals surface area contributed by atoms with Gasteiger partial charge in [0.1, 0.15) is 12.0 Å². The van der Waals surface area contributed by atoms with Crippen molar-refractivity contribution >= 4 is 34.0 Å². The summed E-state index contributed by atoms with van der Waals surface area (Å²) in [7, 11) is -0.667. The van der Waals surface area contributed by atoms with E-state index in [0.717, 1.165) is 4.31 Å². The fourth-order valence-corrected chi connectivity index (χ4v) is 3.11. The number of nitrogens with two attached hydrogens (primary N) is 1. The Kier molecular flexibility index (Phi) is 6.56. The fourth-order valence-electron chi connectivity index (χ4n) is 1.96. The van der Waals surface area contributed by atoms with Crippen molar-refractivity contribution in [1.29, 1.82) is 0 Å². The van der Waals surface area contributed by atoms with Crippen LogP contribution >= 0.6 is 12.4 Å². The molecule has 1 aromatic heterocycles. The second-order valence-corrected chi connectivity index (χ2v) is 7.35. The van der Waals surface area contributed by atoms with Gasteiger partial charge in [-0.1, -0.05) is 6.07 Å². The van der Waals surface area contributed by atoms with Crippen molar-refractivity contribution in [3.63, 3.8) is 0 Å². The lowest BCUT2D eigenvalue weighted by molar-refractivity contribution is 0.102. The van der Waals surface area contributed by atoms with Gasteiger partial charge in [0, 0.05) is 19.8 Å². The van der Waals surface area contributed by atoms with Gasteiger partial charge >= 0.3 is 0 Å². The van der Waals surface area contributed by atoms with E-state index in [9.17, 15) is 13.2 Å². The molecule has 9 heteroatoms. The SMILES string of the molecule is Cc1ccc(NC(=O)c2coc(CN)c2)cc1S(=O)(=O)N(C)C.Cl. The highest BCUT2D eigenvalue weighted by Crippen LogP contribution is 2.23. The highest BCUT2D eigenvalue weighted by molar-refractivity contribution is 7.89. The predicted molar refractivity (Wildman–Crippen MR) is 93.9 cm³/mol. The van der Waals surface area contributed by atoms with Crippen LogP contribution in [0.3, 0.4) is 0 Å². The van der Waals surface area contributed by atoms with E-state index in [1.165, 1.54) is 26.4 Å². The second-order valence-electron chi connectivity index (χ2n) is 5.23. The van der Waals surface area contributed by atoms with Crippen LogP contribution in [0.5, 0.6) is 0 Å². The molecule has 3 N–H and O–H groups in total. The van der Waals surface area contributed by atoms with Gasteiger partial charge in [-0.3, -0.25) is 4.79 Å². The normalized spacial score (nSPS) is 11.2. The molecule has 1 heterocycles. The average Bonchev–Trinajstić information content (AvgIpc) is 2.98. The Hall–Kier alpha value is -1.87. The minimum absolute atomic E-state index is 0. The number of benzene rings is 1. The average molecular weight is 374 g/mol. The molecule has 0 radical (unpaired) electrons. The molecule has 24 heavy (non-hydrogen) atoms. The zero-order chi connectivity index (χ0) is 17.2.